The van der Waals surface area contributed by atoms with Gasteiger partial charge in [-0.2, -0.15) is 0 Å². The first-order chi connectivity index (χ1) is 17.4. The van der Waals surface area contributed by atoms with Gasteiger partial charge in [0.1, 0.15) is 0 Å². The van der Waals surface area contributed by atoms with E-state index in [-0.39, 0.29) is 22.3 Å². The maximum absolute atomic E-state index is 13.5. The van der Waals surface area contributed by atoms with Crippen molar-refractivity contribution < 1.29 is 19.2 Å². The van der Waals surface area contributed by atoms with E-state index in [4.69, 9.17) is 0 Å². The molecule has 6 heteroatoms. The van der Waals surface area contributed by atoms with Crippen LogP contribution in [0, 0.1) is 0 Å². The third-order valence-electron chi connectivity index (χ3n) is 6.67. The summed E-state index contributed by atoms with van der Waals surface area (Å²) in [5.41, 5.74) is 3.63. The minimum atomic E-state index is -0.509. The molecule has 4 aromatic carbocycles. The molecule has 0 saturated carbocycles. The van der Waals surface area contributed by atoms with Gasteiger partial charge in [-0.05, 0) is 59.7 Å². The van der Waals surface area contributed by atoms with Gasteiger partial charge in [-0.3, -0.25) is 19.2 Å². The van der Waals surface area contributed by atoms with Crippen molar-refractivity contribution in [2.75, 3.05) is 9.80 Å². The number of nitrogens with zero attached hydrogens (tertiary/aromatic N) is 2. The van der Waals surface area contributed by atoms with Crippen LogP contribution in [0.3, 0.4) is 0 Å². The van der Waals surface area contributed by atoms with Crippen molar-refractivity contribution in [1.29, 1.82) is 0 Å². The fraction of sp³-hybridized carbons (Fsp3) is 0. The second kappa shape index (κ2) is 7.71. The molecule has 0 bridgehead atoms. The van der Waals surface area contributed by atoms with E-state index >= 15 is 0 Å². The fourth-order valence-electron chi connectivity index (χ4n) is 4.86. The minimum absolute atomic E-state index is 0.266. The van der Waals surface area contributed by atoms with E-state index in [1.807, 2.05) is 0 Å². The summed E-state index contributed by atoms with van der Waals surface area (Å²) in [6.07, 6.45) is 3.35. The topological polar surface area (TPSA) is 74.8 Å². The molecule has 0 aliphatic carbocycles. The highest BCUT2D eigenvalue weighted by molar-refractivity contribution is 6.42. The largest absolute Gasteiger partial charge is 0.268 e. The van der Waals surface area contributed by atoms with E-state index in [9.17, 15) is 19.2 Å². The summed E-state index contributed by atoms with van der Waals surface area (Å²) in [5, 5.41) is 0.671. The summed E-state index contributed by atoms with van der Waals surface area (Å²) < 4.78 is 0. The third-order valence-corrected chi connectivity index (χ3v) is 6.67. The van der Waals surface area contributed by atoms with Gasteiger partial charge in [0.15, 0.2) is 0 Å². The van der Waals surface area contributed by atoms with Crippen LogP contribution in [0.25, 0.3) is 22.9 Å². The molecule has 0 saturated heterocycles. The fourth-order valence-corrected chi connectivity index (χ4v) is 4.86. The standard InChI is InChI=1S/C30H18N2O4/c1-3-17-5-9-19(10-6-17)31-27(33)21-13-15-23-26-24(16-14-22(25(21)26)28(31)34)30(36)32(29(23)35)20-11-7-18(4-2)8-12-20/h3-16H,1-2H2. The van der Waals surface area contributed by atoms with Gasteiger partial charge in [-0.25, -0.2) is 9.80 Å². The maximum atomic E-state index is 13.5. The van der Waals surface area contributed by atoms with Gasteiger partial charge in [0.25, 0.3) is 23.6 Å². The van der Waals surface area contributed by atoms with Gasteiger partial charge in [-0.15, -0.1) is 0 Å². The minimum Gasteiger partial charge on any atom is -0.268 e. The average Bonchev–Trinajstić information content (AvgIpc) is 2.91. The lowest BCUT2D eigenvalue weighted by Crippen LogP contribution is -2.43. The Bertz CT molecular complexity index is 1480. The number of imide groups is 2. The molecule has 0 N–H and O–H groups in total. The summed E-state index contributed by atoms with van der Waals surface area (Å²) in [7, 11) is 0. The highest BCUT2D eigenvalue weighted by Gasteiger charge is 2.40. The van der Waals surface area contributed by atoms with E-state index in [0.717, 1.165) is 20.9 Å². The number of benzene rings is 4. The average molecular weight is 470 g/mol. The number of amides is 4. The van der Waals surface area contributed by atoms with Gasteiger partial charge in [0, 0.05) is 33.0 Å². The predicted molar refractivity (Wildman–Crippen MR) is 139 cm³/mol. The van der Waals surface area contributed by atoms with Crippen LogP contribution in [0.4, 0.5) is 11.4 Å². The van der Waals surface area contributed by atoms with E-state index < -0.39 is 23.6 Å². The molecule has 0 atom stereocenters. The quantitative estimate of drug-likeness (QED) is 0.357. The number of rotatable bonds is 4. The van der Waals surface area contributed by atoms with E-state index in [2.05, 4.69) is 13.2 Å². The van der Waals surface area contributed by atoms with Crippen LogP contribution < -0.4 is 9.80 Å². The van der Waals surface area contributed by atoms with Crippen molar-refractivity contribution in [1.82, 2.24) is 0 Å². The molecule has 0 aromatic heterocycles. The van der Waals surface area contributed by atoms with E-state index in [1.165, 1.54) is 0 Å². The molecular weight excluding hydrogens is 452 g/mol. The summed E-state index contributed by atoms with van der Waals surface area (Å²) in [5.74, 6) is -2.04. The van der Waals surface area contributed by atoms with Crippen LogP contribution in [0.15, 0.2) is 86.0 Å². The first-order valence-electron chi connectivity index (χ1n) is 11.3. The lowest BCUT2D eigenvalue weighted by Gasteiger charge is -2.32. The Morgan fingerprint density at radius 3 is 0.972 bits per heavy atom. The Kier molecular flexibility index (Phi) is 4.59. The van der Waals surface area contributed by atoms with Crippen molar-refractivity contribution >= 4 is 57.9 Å². The van der Waals surface area contributed by atoms with Gasteiger partial charge in [0.2, 0.25) is 0 Å². The molecule has 2 aliphatic rings. The number of hydrogen-bond acceptors (Lipinski definition) is 4. The van der Waals surface area contributed by atoms with Crippen LogP contribution in [-0.4, -0.2) is 23.6 Å². The monoisotopic (exact) mass is 470 g/mol. The van der Waals surface area contributed by atoms with Gasteiger partial charge < -0.3 is 0 Å². The Balaban J connectivity index is 1.51. The van der Waals surface area contributed by atoms with Crippen LogP contribution in [0.1, 0.15) is 52.6 Å². The smallest absolute Gasteiger partial charge is 0.265 e. The molecule has 4 amide bonds. The molecule has 0 fully saturated rings. The van der Waals surface area contributed by atoms with Crippen molar-refractivity contribution in [3.63, 3.8) is 0 Å². The van der Waals surface area contributed by atoms with E-state index in [1.54, 1.807) is 84.9 Å². The van der Waals surface area contributed by atoms with Crippen LogP contribution in [0.2, 0.25) is 0 Å². The Labute approximate surface area is 206 Å². The summed E-state index contributed by atoms with van der Waals surface area (Å²) in [6, 6.07) is 20.0. The lowest BCUT2D eigenvalue weighted by atomic mass is 9.85. The number of anilines is 2. The molecular formula is C30H18N2O4. The molecule has 172 valence electrons. The highest BCUT2D eigenvalue weighted by atomic mass is 16.2. The second-order valence-electron chi connectivity index (χ2n) is 8.55. The zero-order valence-corrected chi connectivity index (χ0v) is 19.0. The molecule has 2 heterocycles. The molecule has 2 aliphatic heterocycles. The van der Waals surface area contributed by atoms with Gasteiger partial charge in [0.05, 0.1) is 11.4 Å². The SMILES string of the molecule is C=Cc1ccc(N2C(=O)c3ccc4c5c(ccc(c35)C2=O)C(=O)N(c2ccc(C=C)cc2)C4=O)cc1. The molecule has 0 radical (unpaired) electrons. The zero-order valence-electron chi connectivity index (χ0n) is 19.0. The van der Waals surface area contributed by atoms with Crippen LogP contribution in [0.5, 0.6) is 0 Å². The van der Waals surface area contributed by atoms with Gasteiger partial charge in [-0.1, -0.05) is 49.6 Å². The molecule has 4 aromatic rings. The molecule has 36 heavy (non-hydrogen) atoms. The predicted octanol–water partition coefficient (Wildman–Crippen LogP) is 5.73. The van der Waals surface area contributed by atoms with Crippen molar-refractivity contribution in [2.24, 2.45) is 0 Å². The van der Waals surface area contributed by atoms with Crippen LogP contribution >= 0.6 is 0 Å². The molecule has 0 spiro atoms. The molecule has 0 unspecified atom stereocenters. The number of carbonyl (C=O) groups excluding carboxylic acids is 4. The van der Waals surface area contributed by atoms with Gasteiger partial charge >= 0.3 is 0 Å². The van der Waals surface area contributed by atoms with Crippen molar-refractivity contribution in [2.45, 2.75) is 0 Å². The van der Waals surface area contributed by atoms with Crippen LogP contribution in [-0.2, 0) is 0 Å². The Hall–Kier alpha value is -5.10. The first kappa shape index (κ1) is 21.4. The Morgan fingerprint density at radius 2 is 0.722 bits per heavy atom. The Morgan fingerprint density at radius 1 is 0.444 bits per heavy atom. The molecule has 6 nitrogen and oxygen atoms in total. The van der Waals surface area contributed by atoms with Crippen molar-refractivity contribution in [3.8, 4) is 0 Å². The van der Waals surface area contributed by atoms with E-state index in [0.29, 0.717) is 22.1 Å². The second-order valence-corrected chi connectivity index (χ2v) is 8.55. The third kappa shape index (κ3) is 2.85. The normalized spacial score (nSPS) is 14.4. The summed E-state index contributed by atoms with van der Waals surface area (Å²) in [4.78, 5) is 56.2. The molecule has 6 rings (SSSR count). The lowest BCUT2D eigenvalue weighted by molar-refractivity contribution is 0.0873. The summed E-state index contributed by atoms with van der Waals surface area (Å²) in [6.45, 7) is 7.45. The zero-order chi connectivity index (χ0) is 25.1. The first-order valence-corrected chi connectivity index (χ1v) is 11.3. The summed E-state index contributed by atoms with van der Waals surface area (Å²) >= 11 is 0. The number of hydrogen-bond donors (Lipinski definition) is 0. The highest BCUT2D eigenvalue weighted by Crippen LogP contribution is 2.40. The van der Waals surface area contributed by atoms with Crippen molar-refractivity contribution in [3.05, 3.63) is 119 Å². The maximum Gasteiger partial charge on any atom is 0.265 e. The number of carbonyl (C=O) groups is 4.